The second kappa shape index (κ2) is 0.971. The highest BCUT2D eigenvalue weighted by Gasteiger charge is 2.54. The van der Waals surface area contributed by atoms with Crippen LogP contribution in [0.15, 0.2) is 0 Å². The summed E-state index contributed by atoms with van der Waals surface area (Å²) in [6, 6.07) is 0. The van der Waals surface area contributed by atoms with Crippen LogP contribution in [-0.2, 0) is 4.74 Å². The maximum Gasteiger partial charge on any atom is 0.0844 e. The first kappa shape index (κ1) is 3.89. The van der Waals surface area contributed by atoms with Crippen molar-refractivity contribution in [2.45, 2.75) is 31.5 Å². The van der Waals surface area contributed by atoms with Gasteiger partial charge in [-0.3, -0.25) is 0 Å². The van der Waals surface area contributed by atoms with Gasteiger partial charge in [-0.2, -0.15) is 0 Å². The van der Waals surface area contributed by atoms with Crippen LogP contribution in [0, 0.1) is 11.8 Å². The lowest BCUT2D eigenvalue weighted by atomic mass is 10.0. The third-order valence-electron chi connectivity index (χ3n) is 2.83. The van der Waals surface area contributed by atoms with Gasteiger partial charge in [0.15, 0.2) is 0 Å². The monoisotopic (exact) mass is 110 g/mol. The van der Waals surface area contributed by atoms with Crippen molar-refractivity contribution >= 4 is 0 Å². The van der Waals surface area contributed by atoms with Crippen molar-refractivity contribution in [2.75, 3.05) is 0 Å². The third-order valence-corrected chi connectivity index (χ3v) is 2.83. The van der Waals surface area contributed by atoms with Crippen LogP contribution in [0.3, 0.4) is 0 Å². The first-order valence-electron chi connectivity index (χ1n) is 3.59. The molecular formula is C7H10O. The summed E-state index contributed by atoms with van der Waals surface area (Å²) in [5, 5.41) is 0. The Balaban J connectivity index is 1.85. The van der Waals surface area contributed by atoms with Crippen molar-refractivity contribution in [1.82, 2.24) is 0 Å². The van der Waals surface area contributed by atoms with Gasteiger partial charge in [0.25, 0.3) is 0 Å². The van der Waals surface area contributed by atoms with Crippen molar-refractivity contribution in [3.05, 3.63) is 0 Å². The second-order valence-corrected chi connectivity index (χ2v) is 3.44. The van der Waals surface area contributed by atoms with E-state index in [1.54, 1.807) is 0 Å². The van der Waals surface area contributed by atoms with Gasteiger partial charge in [-0.25, -0.2) is 0 Å². The molecule has 44 valence electrons. The summed E-state index contributed by atoms with van der Waals surface area (Å²) in [5.74, 6) is 2.19. The molecule has 0 unspecified atom stereocenters. The van der Waals surface area contributed by atoms with Gasteiger partial charge in [0, 0.05) is 0 Å². The number of hydrogen-bond acceptors (Lipinski definition) is 1. The van der Waals surface area contributed by atoms with E-state index in [1.165, 1.54) is 19.3 Å². The zero-order valence-corrected chi connectivity index (χ0v) is 4.84. The average molecular weight is 110 g/mol. The molecule has 1 heterocycles. The Morgan fingerprint density at radius 1 is 0.875 bits per heavy atom. The van der Waals surface area contributed by atoms with Crippen LogP contribution in [0.2, 0.25) is 0 Å². The minimum atomic E-state index is 0.721. The van der Waals surface area contributed by atoms with Crippen LogP contribution in [0.5, 0.6) is 0 Å². The van der Waals surface area contributed by atoms with Gasteiger partial charge in [-0.05, 0) is 31.1 Å². The van der Waals surface area contributed by atoms with Gasteiger partial charge in [0.1, 0.15) is 0 Å². The maximum absolute atomic E-state index is 5.38. The highest BCUT2D eigenvalue weighted by Crippen LogP contribution is 2.55. The molecule has 3 fully saturated rings. The molecule has 2 aliphatic carbocycles. The summed E-state index contributed by atoms with van der Waals surface area (Å²) < 4.78 is 5.38. The zero-order chi connectivity index (χ0) is 5.14. The topological polar surface area (TPSA) is 12.5 Å². The number of rotatable bonds is 0. The fourth-order valence-electron chi connectivity index (χ4n) is 2.08. The van der Waals surface area contributed by atoms with Crippen molar-refractivity contribution in [2.24, 2.45) is 11.8 Å². The largest absolute Gasteiger partial charge is 0.370 e. The molecule has 0 aromatic heterocycles. The minimum Gasteiger partial charge on any atom is -0.370 e. The second-order valence-electron chi connectivity index (χ2n) is 3.44. The fraction of sp³-hybridized carbons (Fsp3) is 1.00. The van der Waals surface area contributed by atoms with Gasteiger partial charge in [0.2, 0.25) is 0 Å². The lowest BCUT2D eigenvalue weighted by Crippen LogP contribution is -2.03. The molecule has 1 nitrogen and oxygen atoms in total. The lowest BCUT2D eigenvalue weighted by Gasteiger charge is -1.99. The molecule has 2 saturated carbocycles. The molecular weight excluding hydrogens is 100 g/mol. The van der Waals surface area contributed by atoms with Gasteiger partial charge in [0.05, 0.1) is 12.2 Å². The summed E-state index contributed by atoms with van der Waals surface area (Å²) >= 11 is 0. The molecule has 1 aliphatic heterocycles. The molecule has 3 aliphatic rings. The summed E-state index contributed by atoms with van der Waals surface area (Å²) in [6.07, 6.45) is 5.76. The Morgan fingerprint density at radius 2 is 1.50 bits per heavy atom. The fourth-order valence-corrected chi connectivity index (χ4v) is 2.08. The van der Waals surface area contributed by atoms with E-state index in [9.17, 15) is 0 Å². The van der Waals surface area contributed by atoms with Gasteiger partial charge < -0.3 is 4.74 Å². The average Bonchev–Trinajstić information content (AvgIpc) is 2.45. The summed E-state index contributed by atoms with van der Waals surface area (Å²) in [5.41, 5.74) is 0. The molecule has 4 atom stereocenters. The normalized spacial score (nSPS) is 66.0. The van der Waals surface area contributed by atoms with Crippen molar-refractivity contribution in [3.63, 3.8) is 0 Å². The number of hydrogen-bond donors (Lipinski definition) is 0. The predicted molar refractivity (Wildman–Crippen MR) is 29.5 cm³/mol. The van der Waals surface area contributed by atoms with Crippen LogP contribution < -0.4 is 0 Å². The van der Waals surface area contributed by atoms with Crippen LogP contribution >= 0.6 is 0 Å². The summed E-state index contributed by atoms with van der Waals surface area (Å²) in [6.45, 7) is 0. The van der Waals surface area contributed by atoms with E-state index in [4.69, 9.17) is 4.74 Å². The lowest BCUT2D eigenvalue weighted by molar-refractivity contribution is 0.363. The summed E-state index contributed by atoms with van der Waals surface area (Å²) in [4.78, 5) is 0. The van der Waals surface area contributed by atoms with Crippen LogP contribution in [0.4, 0.5) is 0 Å². The first-order valence-corrected chi connectivity index (χ1v) is 3.59. The minimum absolute atomic E-state index is 0.721. The Morgan fingerprint density at radius 3 is 2.12 bits per heavy atom. The Kier molecular flexibility index (Phi) is 0.472. The van der Waals surface area contributed by atoms with Gasteiger partial charge >= 0.3 is 0 Å². The zero-order valence-electron chi connectivity index (χ0n) is 4.84. The highest BCUT2D eigenvalue weighted by molar-refractivity contribution is 5.03. The van der Waals surface area contributed by atoms with Crippen molar-refractivity contribution < 1.29 is 4.74 Å². The standard InChI is InChI=1S/C7H10O/c1-4-2-6-7(8-6)3-5(1)4/h4-7H,1-3H2/t4-,5-,6-,7+/m1/s1. The number of ether oxygens (including phenoxy) is 1. The number of fused-ring (bicyclic) bond motifs is 2. The predicted octanol–water partition coefficient (Wildman–Crippen LogP) is 1.18. The van der Waals surface area contributed by atoms with E-state index in [0.717, 1.165) is 24.0 Å². The highest BCUT2D eigenvalue weighted by atomic mass is 16.6. The van der Waals surface area contributed by atoms with E-state index in [0.29, 0.717) is 0 Å². The van der Waals surface area contributed by atoms with E-state index < -0.39 is 0 Å². The van der Waals surface area contributed by atoms with Crippen molar-refractivity contribution in [3.8, 4) is 0 Å². The molecule has 1 heteroatoms. The number of epoxide rings is 1. The van der Waals surface area contributed by atoms with E-state index in [1.807, 2.05) is 0 Å². The molecule has 0 spiro atoms. The SMILES string of the molecule is C1[C@@H]2C[C@@H]3O[C@@H]3C[C@@H]12. The van der Waals surface area contributed by atoms with E-state index in [-0.39, 0.29) is 0 Å². The van der Waals surface area contributed by atoms with Crippen molar-refractivity contribution in [1.29, 1.82) is 0 Å². The van der Waals surface area contributed by atoms with Crippen LogP contribution in [0.1, 0.15) is 19.3 Å². The van der Waals surface area contributed by atoms with Gasteiger partial charge in [-0.15, -0.1) is 0 Å². The third kappa shape index (κ3) is 0.368. The maximum atomic E-state index is 5.38. The Bertz CT molecular complexity index is 104. The van der Waals surface area contributed by atoms with Gasteiger partial charge in [-0.1, -0.05) is 0 Å². The molecule has 0 aromatic carbocycles. The molecule has 0 aromatic rings. The smallest absolute Gasteiger partial charge is 0.0844 e. The Hall–Kier alpha value is -0.0400. The first-order chi connectivity index (χ1) is 3.93. The van der Waals surface area contributed by atoms with E-state index in [2.05, 4.69) is 0 Å². The molecule has 0 bridgehead atoms. The molecule has 3 rings (SSSR count). The summed E-state index contributed by atoms with van der Waals surface area (Å²) in [7, 11) is 0. The molecule has 0 amide bonds. The molecule has 1 saturated heterocycles. The van der Waals surface area contributed by atoms with E-state index >= 15 is 0 Å². The molecule has 0 N–H and O–H groups in total. The van der Waals surface area contributed by atoms with Crippen LogP contribution in [-0.4, -0.2) is 12.2 Å². The quantitative estimate of drug-likeness (QED) is 0.427. The molecule has 8 heavy (non-hydrogen) atoms. The van der Waals surface area contributed by atoms with Crippen LogP contribution in [0.25, 0.3) is 0 Å². The Labute approximate surface area is 49.0 Å². The molecule has 0 radical (unpaired) electrons.